The molecule has 1 aromatic heterocycles. The van der Waals surface area contributed by atoms with E-state index in [0.717, 1.165) is 52.9 Å². The minimum Gasteiger partial charge on any atom is -0.358 e. The average Bonchev–Trinajstić information content (AvgIpc) is 2.53. The Balaban J connectivity index is 1.94. The number of benzene rings is 1. The summed E-state index contributed by atoms with van der Waals surface area (Å²) in [6.45, 7) is 15.2. The number of aromatic amines is 1. The number of nitrogens with one attached hydrogen (secondary N) is 3. The van der Waals surface area contributed by atoms with Crippen molar-refractivity contribution in [2.75, 3.05) is 32.7 Å². The molecule has 0 saturated carbocycles. The maximum atomic E-state index is 13.0. The summed E-state index contributed by atoms with van der Waals surface area (Å²) >= 11 is 0. The standard InChI is InChI=1S/C19H27N3O/c1-5-21-6-8-22(9-7-21)12-17-15(4)20-18-14(3)10-13(2)11-16(18)19(17)23/h10-11H,5-9,12H2,1-4H3,(H,20,23)/p+2. The fraction of sp³-hybridized carbons (Fsp3) is 0.526. The maximum absolute atomic E-state index is 13.0. The number of quaternary nitrogens is 2. The first-order valence-electron chi connectivity index (χ1n) is 8.79. The molecule has 0 amide bonds. The summed E-state index contributed by atoms with van der Waals surface area (Å²) in [5, 5.41) is 0.848. The number of aromatic nitrogens is 1. The van der Waals surface area contributed by atoms with Crippen LogP contribution in [-0.4, -0.2) is 37.7 Å². The van der Waals surface area contributed by atoms with E-state index in [2.05, 4.69) is 31.8 Å². The van der Waals surface area contributed by atoms with Crippen molar-refractivity contribution in [3.63, 3.8) is 0 Å². The van der Waals surface area contributed by atoms with E-state index in [0.29, 0.717) is 0 Å². The van der Waals surface area contributed by atoms with Crippen molar-refractivity contribution in [3.8, 4) is 0 Å². The van der Waals surface area contributed by atoms with Crippen LogP contribution in [0, 0.1) is 20.8 Å². The Kier molecular flexibility index (Phi) is 4.55. The van der Waals surface area contributed by atoms with Gasteiger partial charge in [-0.3, -0.25) is 4.79 Å². The largest absolute Gasteiger partial charge is 0.358 e. The molecule has 1 aromatic carbocycles. The Morgan fingerprint density at radius 3 is 2.35 bits per heavy atom. The second kappa shape index (κ2) is 6.46. The molecular weight excluding hydrogens is 286 g/mol. The highest BCUT2D eigenvalue weighted by Crippen LogP contribution is 2.17. The van der Waals surface area contributed by atoms with Gasteiger partial charge in [-0.05, 0) is 44.9 Å². The summed E-state index contributed by atoms with van der Waals surface area (Å²) in [4.78, 5) is 19.7. The van der Waals surface area contributed by atoms with Gasteiger partial charge in [-0.25, -0.2) is 0 Å². The van der Waals surface area contributed by atoms with Gasteiger partial charge in [0.15, 0.2) is 5.43 Å². The molecule has 1 saturated heterocycles. The van der Waals surface area contributed by atoms with E-state index in [4.69, 9.17) is 0 Å². The molecule has 3 N–H and O–H groups in total. The lowest BCUT2D eigenvalue weighted by atomic mass is 10.0. The molecule has 0 radical (unpaired) electrons. The number of rotatable bonds is 3. The normalized spacial score (nSPS) is 21.7. The summed E-state index contributed by atoms with van der Waals surface area (Å²) in [5.41, 5.74) is 5.53. The Morgan fingerprint density at radius 1 is 1.04 bits per heavy atom. The van der Waals surface area contributed by atoms with E-state index in [-0.39, 0.29) is 5.43 Å². The summed E-state index contributed by atoms with van der Waals surface area (Å²) in [6.07, 6.45) is 0. The molecule has 4 nitrogen and oxygen atoms in total. The third-order valence-corrected chi connectivity index (χ3v) is 5.35. The summed E-state index contributed by atoms with van der Waals surface area (Å²) in [6, 6.07) is 4.16. The number of hydrogen-bond donors (Lipinski definition) is 3. The van der Waals surface area contributed by atoms with Crippen molar-refractivity contribution < 1.29 is 9.80 Å². The van der Waals surface area contributed by atoms with Crippen LogP contribution in [0.1, 0.15) is 29.3 Å². The van der Waals surface area contributed by atoms with Crippen LogP contribution < -0.4 is 15.2 Å². The van der Waals surface area contributed by atoms with Gasteiger partial charge < -0.3 is 14.8 Å². The van der Waals surface area contributed by atoms with Crippen molar-refractivity contribution in [2.45, 2.75) is 34.2 Å². The molecule has 2 aromatic rings. The third kappa shape index (κ3) is 3.19. The van der Waals surface area contributed by atoms with Crippen LogP contribution >= 0.6 is 0 Å². The topological polar surface area (TPSA) is 41.7 Å². The van der Waals surface area contributed by atoms with Gasteiger partial charge >= 0.3 is 0 Å². The Morgan fingerprint density at radius 2 is 1.70 bits per heavy atom. The molecule has 1 fully saturated rings. The number of aryl methyl sites for hydroxylation is 3. The number of piperazine rings is 1. The molecule has 0 bridgehead atoms. The van der Waals surface area contributed by atoms with Crippen molar-refractivity contribution in [3.05, 3.63) is 44.7 Å². The molecular formula is C19H29N3O+2. The van der Waals surface area contributed by atoms with Crippen LogP contribution in [0.4, 0.5) is 0 Å². The lowest BCUT2D eigenvalue weighted by Crippen LogP contribution is -3.27. The SMILES string of the molecule is CC[NH+]1CC[NH+](Cc2c(C)[nH]c3c(C)cc(C)cc3c2=O)CC1. The highest BCUT2D eigenvalue weighted by Gasteiger charge is 2.24. The Hall–Kier alpha value is -1.65. The zero-order chi connectivity index (χ0) is 16.6. The predicted molar refractivity (Wildman–Crippen MR) is 94.4 cm³/mol. The number of fused-ring (bicyclic) bond motifs is 1. The number of pyridine rings is 1. The van der Waals surface area contributed by atoms with Gasteiger partial charge in [-0.1, -0.05) is 6.07 Å². The minimum atomic E-state index is 0.223. The molecule has 0 atom stereocenters. The highest BCUT2D eigenvalue weighted by molar-refractivity contribution is 5.83. The van der Waals surface area contributed by atoms with Gasteiger partial charge in [-0.15, -0.1) is 0 Å². The van der Waals surface area contributed by atoms with E-state index in [1.807, 2.05) is 13.0 Å². The number of likely N-dealkylation sites (N-methyl/N-ethyl adjacent to an activating group) is 1. The lowest BCUT2D eigenvalue weighted by Gasteiger charge is -2.29. The maximum Gasteiger partial charge on any atom is 0.198 e. The number of hydrogen-bond acceptors (Lipinski definition) is 1. The zero-order valence-corrected chi connectivity index (χ0v) is 14.8. The van der Waals surface area contributed by atoms with Gasteiger partial charge in [0.25, 0.3) is 0 Å². The van der Waals surface area contributed by atoms with Crippen molar-refractivity contribution >= 4 is 10.9 Å². The van der Waals surface area contributed by atoms with Gasteiger partial charge in [0.2, 0.25) is 0 Å². The van der Waals surface area contributed by atoms with Gasteiger partial charge in [0.05, 0.1) is 17.6 Å². The Bertz CT molecular complexity index is 770. The van der Waals surface area contributed by atoms with E-state index in [1.165, 1.54) is 19.6 Å². The van der Waals surface area contributed by atoms with Crippen LogP contribution in [0.15, 0.2) is 16.9 Å². The highest BCUT2D eigenvalue weighted by atomic mass is 16.1. The summed E-state index contributed by atoms with van der Waals surface area (Å²) in [7, 11) is 0. The molecule has 1 aliphatic heterocycles. The fourth-order valence-corrected chi connectivity index (χ4v) is 3.86. The molecule has 23 heavy (non-hydrogen) atoms. The zero-order valence-electron chi connectivity index (χ0n) is 14.8. The van der Waals surface area contributed by atoms with E-state index in [1.54, 1.807) is 9.80 Å². The monoisotopic (exact) mass is 315 g/mol. The Labute approximate surface area is 138 Å². The smallest absolute Gasteiger partial charge is 0.198 e. The molecule has 0 unspecified atom stereocenters. The summed E-state index contributed by atoms with van der Waals surface area (Å²) < 4.78 is 0. The minimum absolute atomic E-state index is 0.223. The molecule has 2 heterocycles. The third-order valence-electron chi connectivity index (χ3n) is 5.35. The average molecular weight is 315 g/mol. The number of H-pyrrole nitrogens is 1. The molecule has 1 aliphatic rings. The molecule has 124 valence electrons. The molecule has 0 spiro atoms. The van der Waals surface area contributed by atoms with Crippen molar-refractivity contribution in [1.82, 2.24) is 4.98 Å². The predicted octanol–water partition coefficient (Wildman–Crippen LogP) is -0.243. The van der Waals surface area contributed by atoms with Crippen LogP contribution in [0.3, 0.4) is 0 Å². The fourth-order valence-electron chi connectivity index (χ4n) is 3.86. The van der Waals surface area contributed by atoms with E-state index < -0.39 is 0 Å². The van der Waals surface area contributed by atoms with Gasteiger partial charge in [-0.2, -0.15) is 0 Å². The second-order valence-electron chi connectivity index (χ2n) is 7.09. The lowest BCUT2D eigenvalue weighted by molar-refractivity contribution is -1.02. The van der Waals surface area contributed by atoms with Crippen molar-refractivity contribution in [2.24, 2.45) is 0 Å². The van der Waals surface area contributed by atoms with Gasteiger partial charge in [0, 0.05) is 11.1 Å². The van der Waals surface area contributed by atoms with E-state index >= 15 is 0 Å². The van der Waals surface area contributed by atoms with E-state index in [9.17, 15) is 4.79 Å². The summed E-state index contributed by atoms with van der Waals surface area (Å²) in [5.74, 6) is 0. The quantitative estimate of drug-likeness (QED) is 0.719. The van der Waals surface area contributed by atoms with Crippen LogP contribution in [-0.2, 0) is 6.54 Å². The van der Waals surface area contributed by atoms with Crippen LogP contribution in [0.25, 0.3) is 10.9 Å². The van der Waals surface area contributed by atoms with Crippen LogP contribution in [0.2, 0.25) is 0 Å². The van der Waals surface area contributed by atoms with Gasteiger partial charge in [0.1, 0.15) is 32.7 Å². The van der Waals surface area contributed by atoms with Crippen molar-refractivity contribution in [1.29, 1.82) is 0 Å². The first kappa shape index (κ1) is 16.2. The molecule has 4 heteroatoms. The van der Waals surface area contributed by atoms with Crippen LogP contribution in [0.5, 0.6) is 0 Å². The first-order chi connectivity index (χ1) is 11.0. The molecule has 0 aliphatic carbocycles. The molecule has 3 rings (SSSR count). The second-order valence-corrected chi connectivity index (χ2v) is 7.09. The first-order valence-corrected chi connectivity index (χ1v) is 8.79.